The highest BCUT2D eigenvalue weighted by Crippen LogP contribution is 2.38. The molecular weight excluding hydrogens is 443 g/mol. The maximum atomic E-state index is 14.2. The van der Waals surface area contributed by atoms with Gasteiger partial charge in [0, 0.05) is 18.2 Å². The fourth-order valence-corrected chi connectivity index (χ4v) is 4.50. The van der Waals surface area contributed by atoms with Crippen LogP contribution in [0.15, 0.2) is 72.8 Å². The molecule has 0 spiro atoms. The fraction of sp³-hybridized carbons (Fsp3) is 0.310. The Hall–Kier alpha value is -3.67. The number of anilines is 1. The van der Waals surface area contributed by atoms with Crippen molar-refractivity contribution in [1.29, 1.82) is 0 Å². The van der Waals surface area contributed by atoms with Gasteiger partial charge in [-0.3, -0.25) is 9.59 Å². The van der Waals surface area contributed by atoms with E-state index < -0.39 is 12.1 Å². The van der Waals surface area contributed by atoms with E-state index in [0.717, 1.165) is 11.1 Å². The van der Waals surface area contributed by atoms with Gasteiger partial charge in [-0.25, -0.2) is 4.39 Å². The van der Waals surface area contributed by atoms with Gasteiger partial charge in [-0.15, -0.1) is 0 Å². The molecule has 0 saturated carbocycles. The summed E-state index contributed by atoms with van der Waals surface area (Å²) in [6.07, 6.45) is 0.505. The third-order valence-corrected chi connectivity index (χ3v) is 6.27. The SMILES string of the molecule is CC[C@H](Oc1ccc2c(c1)[C@H](c1cccc(F)c1)N(C(=O)C(C)C)CC2)C(=O)Nc1ccccc1. The van der Waals surface area contributed by atoms with Crippen LogP contribution in [0.25, 0.3) is 0 Å². The largest absolute Gasteiger partial charge is 0.481 e. The first-order valence-corrected chi connectivity index (χ1v) is 12.1. The Morgan fingerprint density at radius 3 is 2.51 bits per heavy atom. The summed E-state index contributed by atoms with van der Waals surface area (Å²) in [5.74, 6) is -0.195. The number of nitrogens with zero attached hydrogens (tertiary/aromatic N) is 1. The number of nitrogens with one attached hydrogen (secondary N) is 1. The Bertz CT molecular complexity index is 1200. The minimum absolute atomic E-state index is 0.0184. The standard InChI is InChI=1S/C29H31FN2O3/c1-4-26(28(33)31-23-11-6-5-7-12-23)35-24-14-13-20-15-16-32(29(34)19(2)3)27(25(20)18-24)21-9-8-10-22(30)17-21/h5-14,17-19,26-27H,4,15-16H2,1-3H3,(H,31,33)/t26-,27-/m0/s1. The first-order chi connectivity index (χ1) is 16.9. The number of benzene rings is 3. The third-order valence-electron chi connectivity index (χ3n) is 6.27. The number of hydrogen-bond donors (Lipinski definition) is 1. The van der Waals surface area contributed by atoms with E-state index in [0.29, 0.717) is 36.4 Å². The van der Waals surface area contributed by atoms with Crippen molar-refractivity contribution in [3.05, 3.63) is 95.3 Å². The van der Waals surface area contributed by atoms with Crippen LogP contribution in [-0.4, -0.2) is 29.4 Å². The average molecular weight is 475 g/mol. The van der Waals surface area contributed by atoms with Gasteiger partial charge in [0.15, 0.2) is 6.10 Å². The summed E-state index contributed by atoms with van der Waals surface area (Å²) in [6, 6.07) is 21.0. The Labute approximate surface area is 205 Å². The highest BCUT2D eigenvalue weighted by molar-refractivity contribution is 5.94. The van der Waals surface area contributed by atoms with Crippen LogP contribution in [0.5, 0.6) is 5.75 Å². The van der Waals surface area contributed by atoms with Crippen LogP contribution < -0.4 is 10.1 Å². The first-order valence-electron chi connectivity index (χ1n) is 12.1. The smallest absolute Gasteiger partial charge is 0.265 e. The molecule has 0 fully saturated rings. The van der Waals surface area contributed by atoms with Gasteiger partial charge in [0.25, 0.3) is 5.91 Å². The van der Waals surface area contributed by atoms with E-state index in [1.165, 1.54) is 12.1 Å². The Morgan fingerprint density at radius 2 is 1.83 bits per heavy atom. The number of hydrogen-bond acceptors (Lipinski definition) is 3. The highest BCUT2D eigenvalue weighted by atomic mass is 19.1. The first kappa shape index (κ1) is 24.5. The van der Waals surface area contributed by atoms with Crippen LogP contribution in [0, 0.1) is 11.7 Å². The van der Waals surface area contributed by atoms with Gasteiger partial charge in [0.05, 0.1) is 6.04 Å². The van der Waals surface area contributed by atoms with Gasteiger partial charge in [0.1, 0.15) is 11.6 Å². The molecule has 0 aliphatic carbocycles. The van der Waals surface area contributed by atoms with Crippen molar-refractivity contribution in [3.63, 3.8) is 0 Å². The van der Waals surface area contributed by atoms with Gasteiger partial charge < -0.3 is 15.0 Å². The number of carbonyl (C=O) groups excluding carboxylic acids is 2. The molecule has 3 aromatic rings. The molecule has 6 heteroatoms. The number of ether oxygens (including phenoxy) is 1. The number of fused-ring (bicyclic) bond motifs is 1. The van der Waals surface area contributed by atoms with Crippen molar-refractivity contribution >= 4 is 17.5 Å². The number of rotatable bonds is 7. The molecule has 182 valence electrons. The van der Waals surface area contributed by atoms with E-state index in [-0.39, 0.29) is 23.5 Å². The van der Waals surface area contributed by atoms with E-state index in [2.05, 4.69) is 5.32 Å². The molecule has 4 rings (SSSR count). The van der Waals surface area contributed by atoms with Crippen molar-refractivity contribution in [3.8, 4) is 5.75 Å². The summed E-state index contributed by atoms with van der Waals surface area (Å²) in [4.78, 5) is 27.8. The second-order valence-electron chi connectivity index (χ2n) is 9.12. The van der Waals surface area contributed by atoms with Crippen molar-refractivity contribution in [1.82, 2.24) is 4.90 Å². The summed E-state index contributed by atoms with van der Waals surface area (Å²) in [5, 5.41) is 2.89. The number of para-hydroxylation sites is 1. The molecule has 5 nitrogen and oxygen atoms in total. The van der Waals surface area contributed by atoms with Crippen LogP contribution in [0.1, 0.15) is 49.9 Å². The number of carbonyl (C=O) groups is 2. The third kappa shape index (κ3) is 5.53. The molecule has 2 amide bonds. The van der Waals surface area contributed by atoms with Crippen LogP contribution in [0.4, 0.5) is 10.1 Å². The molecule has 1 aliphatic rings. The van der Waals surface area contributed by atoms with Crippen molar-refractivity contribution in [2.75, 3.05) is 11.9 Å². The zero-order valence-electron chi connectivity index (χ0n) is 20.3. The quantitative estimate of drug-likeness (QED) is 0.474. The van der Waals surface area contributed by atoms with E-state index in [9.17, 15) is 14.0 Å². The van der Waals surface area contributed by atoms with Crippen LogP contribution in [0.3, 0.4) is 0 Å². The Balaban J connectivity index is 1.65. The van der Waals surface area contributed by atoms with Crippen molar-refractivity contribution in [2.45, 2.75) is 45.8 Å². The summed E-state index contributed by atoms with van der Waals surface area (Å²) in [5.41, 5.74) is 3.40. The van der Waals surface area contributed by atoms with E-state index in [1.54, 1.807) is 6.07 Å². The van der Waals surface area contributed by atoms with Crippen LogP contribution in [-0.2, 0) is 16.0 Å². The van der Waals surface area contributed by atoms with E-state index >= 15 is 0 Å². The van der Waals surface area contributed by atoms with Gasteiger partial charge in [0.2, 0.25) is 5.91 Å². The predicted octanol–water partition coefficient (Wildman–Crippen LogP) is 5.75. The monoisotopic (exact) mass is 474 g/mol. The molecule has 0 unspecified atom stereocenters. The molecule has 0 aromatic heterocycles. The summed E-state index contributed by atoms with van der Waals surface area (Å²) < 4.78 is 20.3. The minimum atomic E-state index is -0.683. The lowest BCUT2D eigenvalue weighted by Crippen LogP contribution is -2.42. The second-order valence-corrected chi connectivity index (χ2v) is 9.12. The lowest BCUT2D eigenvalue weighted by atomic mass is 9.87. The molecule has 0 radical (unpaired) electrons. The molecule has 3 aromatic carbocycles. The van der Waals surface area contributed by atoms with Gasteiger partial charge >= 0.3 is 0 Å². The van der Waals surface area contributed by atoms with Crippen molar-refractivity contribution in [2.24, 2.45) is 5.92 Å². The topological polar surface area (TPSA) is 58.6 Å². The molecule has 2 atom stereocenters. The number of halogens is 1. The molecule has 1 aliphatic heterocycles. The maximum Gasteiger partial charge on any atom is 0.265 e. The highest BCUT2D eigenvalue weighted by Gasteiger charge is 2.34. The van der Waals surface area contributed by atoms with Gasteiger partial charge in [-0.05, 0) is 65.9 Å². The Morgan fingerprint density at radius 1 is 1.06 bits per heavy atom. The fourth-order valence-electron chi connectivity index (χ4n) is 4.50. The van der Waals surface area contributed by atoms with Crippen LogP contribution in [0.2, 0.25) is 0 Å². The number of amides is 2. The summed E-state index contributed by atoms with van der Waals surface area (Å²) >= 11 is 0. The molecule has 1 heterocycles. The zero-order chi connectivity index (χ0) is 24.9. The van der Waals surface area contributed by atoms with Gasteiger partial charge in [-0.2, -0.15) is 0 Å². The van der Waals surface area contributed by atoms with Crippen LogP contribution >= 0.6 is 0 Å². The maximum absolute atomic E-state index is 14.2. The zero-order valence-corrected chi connectivity index (χ0v) is 20.3. The van der Waals surface area contributed by atoms with Gasteiger partial charge in [-0.1, -0.05) is 57.2 Å². The Kier molecular flexibility index (Phi) is 7.49. The lowest BCUT2D eigenvalue weighted by Gasteiger charge is -2.39. The molecule has 35 heavy (non-hydrogen) atoms. The predicted molar refractivity (Wildman–Crippen MR) is 135 cm³/mol. The normalized spacial score (nSPS) is 15.9. The van der Waals surface area contributed by atoms with E-state index in [4.69, 9.17) is 4.74 Å². The lowest BCUT2D eigenvalue weighted by molar-refractivity contribution is -0.136. The molecular formula is C29H31FN2O3. The molecule has 0 bridgehead atoms. The molecule has 1 N–H and O–H groups in total. The summed E-state index contributed by atoms with van der Waals surface area (Å²) in [6.45, 7) is 6.20. The second kappa shape index (κ2) is 10.7. The molecule has 0 saturated heterocycles. The van der Waals surface area contributed by atoms with E-state index in [1.807, 2.05) is 80.3 Å². The minimum Gasteiger partial charge on any atom is -0.481 e. The average Bonchev–Trinajstić information content (AvgIpc) is 2.86. The van der Waals surface area contributed by atoms with Crippen molar-refractivity contribution < 1.29 is 18.7 Å². The summed E-state index contributed by atoms with van der Waals surface area (Å²) in [7, 11) is 0.